The van der Waals surface area contributed by atoms with Crippen LogP contribution in [0.2, 0.25) is 0 Å². The molecule has 0 bridgehead atoms. The number of hydrogen-bond donors (Lipinski definition) is 4. The second kappa shape index (κ2) is 17.9. The third-order valence-corrected chi connectivity index (χ3v) is 8.94. The first-order valence-corrected chi connectivity index (χ1v) is 16.7. The van der Waals surface area contributed by atoms with E-state index in [2.05, 4.69) is 104 Å². The quantitative estimate of drug-likeness (QED) is 0.0619. The molecule has 42 heavy (non-hydrogen) atoms. The van der Waals surface area contributed by atoms with Crippen molar-refractivity contribution in [3.63, 3.8) is 0 Å². The summed E-state index contributed by atoms with van der Waals surface area (Å²) in [4.78, 5) is 12.6. The Morgan fingerprint density at radius 3 is 2.29 bits per heavy atom. The van der Waals surface area contributed by atoms with Gasteiger partial charge in [-0.1, -0.05) is 42.5 Å². The lowest BCUT2D eigenvalue weighted by Gasteiger charge is -2.15. The average molecular weight is 613 g/mol. The summed E-state index contributed by atoms with van der Waals surface area (Å²) >= 11 is 8.58. The van der Waals surface area contributed by atoms with Gasteiger partial charge >= 0.3 is 5.97 Å². The van der Waals surface area contributed by atoms with E-state index < -0.39 is 0 Å². The molecular weight excluding hydrogens is 563 g/mol. The second-order valence-electron chi connectivity index (χ2n) is 11.8. The summed E-state index contributed by atoms with van der Waals surface area (Å²) in [5, 5.41) is 18.5. The number of aryl methyl sites for hydroxylation is 1. The highest BCUT2D eigenvalue weighted by Crippen LogP contribution is 2.40. The summed E-state index contributed by atoms with van der Waals surface area (Å²) in [5.74, 6) is 1.51. The molecule has 0 radical (unpaired) electrons. The largest absolute Gasteiger partial charge is 0.465 e. The highest BCUT2D eigenvalue weighted by Gasteiger charge is 2.43. The maximum Gasteiger partial charge on any atom is 0.308 e. The Morgan fingerprint density at radius 1 is 0.905 bits per heavy atom. The summed E-state index contributed by atoms with van der Waals surface area (Å²) in [6.07, 6.45) is 11.2. The maximum atomic E-state index is 12.6. The van der Waals surface area contributed by atoms with Crippen LogP contribution in [0.25, 0.3) is 6.08 Å². The fourth-order valence-corrected chi connectivity index (χ4v) is 6.55. The van der Waals surface area contributed by atoms with Crippen molar-refractivity contribution < 1.29 is 24.3 Å². The number of aliphatic hydroxyl groups excluding tert-OH is 2. The van der Waals surface area contributed by atoms with E-state index in [1.54, 1.807) is 0 Å². The van der Waals surface area contributed by atoms with Crippen LogP contribution in [-0.4, -0.2) is 64.3 Å². The van der Waals surface area contributed by atoms with Crippen LogP contribution in [0.3, 0.4) is 0 Å². The summed E-state index contributed by atoms with van der Waals surface area (Å²) < 4.78 is 8.04. The SMILES string of the molecule is CC1(C)C(C=Cc2ccc(CCC(CCO)CCCO)cc2)=[N+](CCCOC(=O)C(CCS)CCS)c2ccccc21. The number of allylic oxidation sites excluding steroid dienone is 1. The predicted octanol–water partition coefficient (Wildman–Crippen LogP) is 6.67. The van der Waals surface area contributed by atoms with Crippen molar-refractivity contribution >= 4 is 48.7 Å². The van der Waals surface area contributed by atoms with Crippen LogP contribution < -0.4 is 0 Å². The number of carbonyl (C=O) groups is 1. The number of benzene rings is 2. The molecule has 1 unspecified atom stereocenters. The fraction of sp³-hybridized carbons (Fsp3) is 0.543. The van der Waals surface area contributed by atoms with Crippen LogP contribution in [0.1, 0.15) is 75.5 Å². The number of aliphatic hydroxyl groups is 2. The molecule has 1 heterocycles. The molecule has 3 rings (SSSR count). The summed E-state index contributed by atoms with van der Waals surface area (Å²) in [6, 6.07) is 17.3. The minimum atomic E-state index is -0.149. The minimum Gasteiger partial charge on any atom is -0.465 e. The van der Waals surface area contributed by atoms with Gasteiger partial charge in [0.25, 0.3) is 0 Å². The van der Waals surface area contributed by atoms with Crippen molar-refractivity contribution in [1.82, 2.24) is 0 Å². The van der Waals surface area contributed by atoms with E-state index in [9.17, 15) is 9.90 Å². The number of fused-ring (bicyclic) bond motifs is 1. The molecule has 0 amide bonds. The number of esters is 1. The number of ether oxygens (including phenoxy) is 1. The lowest BCUT2D eigenvalue weighted by Crippen LogP contribution is -2.28. The molecule has 7 heteroatoms. The van der Waals surface area contributed by atoms with E-state index in [1.807, 2.05) is 0 Å². The van der Waals surface area contributed by atoms with Gasteiger partial charge in [-0.05, 0) is 93.4 Å². The Bertz CT molecular complexity index is 1170. The molecule has 2 N–H and O–H groups in total. The highest BCUT2D eigenvalue weighted by molar-refractivity contribution is 7.80. The van der Waals surface area contributed by atoms with E-state index in [4.69, 9.17) is 9.84 Å². The van der Waals surface area contributed by atoms with Crippen LogP contribution in [-0.2, 0) is 21.4 Å². The van der Waals surface area contributed by atoms with Crippen molar-refractivity contribution in [1.29, 1.82) is 0 Å². The Balaban J connectivity index is 1.69. The predicted molar refractivity (Wildman–Crippen MR) is 181 cm³/mol. The number of hydrogen-bond acceptors (Lipinski definition) is 6. The fourth-order valence-electron chi connectivity index (χ4n) is 5.92. The molecule has 0 spiro atoms. The van der Waals surface area contributed by atoms with Crippen LogP contribution in [0.4, 0.5) is 5.69 Å². The third kappa shape index (κ3) is 9.73. The Kier molecular flexibility index (Phi) is 14.7. The van der Waals surface area contributed by atoms with Gasteiger partial charge in [-0.25, -0.2) is 0 Å². The van der Waals surface area contributed by atoms with Gasteiger partial charge in [0.2, 0.25) is 5.69 Å². The van der Waals surface area contributed by atoms with E-state index >= 15 is 0 Å². The lowest BCUT2D eigenvalue weighted by atomic mass is 9.81. The van der Waals surface area contributed by atoms with Gasteiger partial charge in [0.15, 0.2) is 12.3 Å². The zero-order valence-electron chi connectivity index (χ0n) is 25.4. The summed E-state index contributed by atoms with van der Waals surface area (Å²) in [6.45, 7) is 6.12. The van der Waals surface area contributed by atoms with Crippen LogP contribution in [0, 0.1) is 11.8 Å². The van der Waals surface area contributed by atoms with E-state index in [0.717, 1.165) is 63.5 Å². The molecule has 0 saturated carbocycles. The van der Waals surface area contributed by atoms with Crippen molar-refractivity contribution in [2.45, 2.75) is 70.6 Å². The second-order valence-corrected chi connectivity index (χ2v) is 12.7. The van der Waals surface area contributed by atoms with Crippen molar-refractivity contribution in [3.05, 3.63) is 71.3 Å². The lowest BCUT2D eigenvalue weighted by molar-refractivity contribution is -0.438. The number of para-hydroxylation sites is 1. The summed E-state index contributed by atoms with van der Waals surface area (Å²) in [5.41, 5.74) is 6.05. The topological polar surface area (TPSA) is 69.8 Å². The van der Waals surface area contributed by atoms with Crippen LogP contribution in [0.15, 0.2) is 54.6 Å². The molecular formula is C35H50NO4S2+. The van der Waals surface area contributed by atoms with Gasteiger partial charge in [-0.3, -0.25) is 4.79 Å². The molecule has 5 nitrogen and oxygen atoms in total. The smallest absolute Gasteiger partial charge is 0.308 e. The standard InChI is InChI=1S/C35H49NO4S2/c1-35(2)31-8-3-4-9-32(31)36(21-6-24-40-34(39)30(19-25-41)20-26-42)33(35)17-16-29-14-12-28(13-15-29)11-10-27(18-23-38)7-5-22-37/h3-4,8-9,12-17,27,30,37-38H,5-7,10-11,18-26H2,1-2H3,(H-,41,42)/p+1. The molecule has 0 aliphatic carbocycles. The van der Waals surface area contributed by atoms with Gasteiger partial charge in [0.1, 0.15) is 0 Å². The molecule has 2 aromatic carbocycles. The van der Waals surface area contributed by atoms with Crippen LogP contribution in [0.5, 0.6) is 0 Å². The van der Waals surface area contributed by atoms with Gasteiger partial charge < -0.3 is 14.9 Å². The van der Waals surface area contributed by atoms with Crippen LogP contribution >= 0.6 is 25.3 Å². The third-order valence-electron chi connectivity index (χ3n) is 8.42. The zero-order valence-corrected chi connectivity index (χ0v) is 27.2. The monoisotopic (exact) mass is 612 g/mol. The van der Waals surface area contributed by atoms with Gasteiger partial charge in [0, 0.05) is 37.3 Å². The summed E-state index contributed by atoms with van der Waals surface area (Å²) in [7, 11) is 0. The Labute approximate surface area is 263 Å². The van der Waals surface area contributed by atoms with Crippen molar-refractivity contribution in [2.24, 2.45) is 11.8 Å². The highest BCUT2D eigenvalue weighted by atomic mass is 32.1. The Morgan fingerprint density at radius 2 is 1.62 bits per heavy atom. The molecule has 1 aliphatic heterocycles. The van der Waals surface area contributed by atoms with Gasteiger partial charge in [0.05, 0.1) is 17.9 Å². The maximum absolute atomic E-state index is 12.6. The molecule has 0 fully saturated rings. The Hall–Kier alpha value is -2.06. The average Bonchev–Trinajstić information content (AvgIpc) is 3.21. The minimum absolute atomic E-state index is 0.129. The number of thiol groups is 2. The molecule has 2 aromatic rings. The molecule has 0 aromatic heterocycles. The van der Waals surface area contributed by atoms with Gasteiger partial charge in [-0.2, -0.15) is 29.8 Å². The zero-order chi connectivity index (χ0) is 30.4. The normalized spacial score (nSPS) is 15.0. The first-order valence-electron chi connectivity index (χ1n) is 15.5. The van der Waals surface area contributed by atoms with E-state index in [0.29, 0.717) is 24.0 Å². The van der Waals surface area contributed by atoms with Crippen molar-refractivity contribution in [3.8, 4) is 0 Å². The van der Waals surface area contributed by atoms with E-state index in [-0.39, 0.29) is 30.5 Å². The van der Waals surface area contributed by atoms with Gasteiger partial charge in [-0.15, -0.1) is 0 Å². The molecule has 230 valence electrons. The number of carbonyl (C=O) groups excluding carboxylic acids is 1. The first-order chi connectivity index (χ1) is 20.3. The van der Waals surface area contributed by atoms with E-state index in [1.165, 1.54) is 22.5 Å². The molecule has 0 saturated heterocycles. The molecule has 1 atom stereocenters. The number of rotatable bonds is 19. The van der Waals surface area contributed by atoms with Crippen molar-refractivity contribution in [2.75, 3.05) is 37.9 Å². The number of nitrogens with zero attached hydrogens (tertiary/aromatic N) is 1. The first kappa shape index (κ1) is 34.4. The molecule has 1 aliphatic rings.